The molecule has 4 nitrogen and oxygen atoms in total. The number of anilines is 1. The van der Waals surface area contributed by atoms with Crippen molar-refractivity contribution in [1.29, 1.82) is 0 Å². The van der Waals surface area contributed by atoms with Crippen LogP contribution in [0.3, 0.4) is 0 Å². The highest BCUT2D eigenvalue weighted by Crippen LogP contribution is 2.31. The van der Waals surface area contributed by atoms with Gasteiger partial charge in [-0.3, -0.25) is 0 Å². The van der Waals surface area contributed by atoms with Gasteiger partial charge in [0.15, 0.2) is 0 Å². The van der Waals surface area contributed by atoms with Crippen LogP contribution < -0.4 is 10.2 Å². The molecule has 1 saturated heterocycles. The van der Waals surface area contributed by atoms with Crippen molar-refractivity contribution in [2.75, 3.05) is 24.5 Å². The molecule has 1 atom stereocenters. The molecule has 1 fully saturated rings. The molecule has 110 valence electrons. The molecule has 0 spiro atoms. The summed E-state index contributed by atoms with van der Waals surface area (Å²) in [5, 5.41) is 3.60. The molecule has 2 aromatic rings. The van der Waals surface area contributed by atoms with Crippen LogP contribution in [0.4, 0.5) is 5.69 Å². The molecule has 1 unspecified atom stereocenters. The van der Waals surface area contributed by atoms with Crippen molar-refractivity contribution in [3.05, 3.63) is 47.0 Å². The third-order valence-corrected chi connectivity index (χ3v) is 4.75. The number of hydrogen-bond donors (Lipinski definition) is 2. The van der Waals surface area contributed by atoms with E-state index in [2.05, 4.69) is 45.3 Å². The number of nitrogens with one attached hydrogen (secondary N) is 2. The monoisotopic (exact) mass is 282 g/mol. The van der Waals surface area contributed by atoms with E-state index < -0.39 is 0 Å². The number of fused-ring (bicyclic) bond motifs is 1. The topological polar surface area (TPSA) is 44.0 Å². The van der Waals surface area contributed by atoms with Crippen LogP contribution in [-0.2, 0) is 6.42 Å². The van der Waals surface area contributed by atoms with E-state index in [4.69, 9.17) is 0 Å². The Bertz CT molecular complexity index is 640. The summed E-state index contributed by atoms with van der Waals surface area (Å²) in [6, 6.07) is 7.11. The Morgan fingerprint density at radius 2 is 2.10 bits per heavy atom. The molecule has 0 saturated carbocycles. The van der Waals surface area contributed by atoms with Gasteiger partial charge in [0.25, 0.3) is 0 Å². The molecule has 0 aliphatic carbocycles. The molecule has 21 heavy (non-hydrogen) atoms. The van der Waals surface area contributed by atoms with Crippen LogP contribution in [0.1, 0.15) is 41.4 Å². The average molecular weight is 282 g/mol. The van der Waals surface area contributed by atoms with Gasteiger partial charge in [-0.05, 0) is 37.0 Å². The number of H-pyrrole nitrogens is 1. The number of aryl methyl sites for hydroxylation is 1. The zero-order valence-electron chi connectivity index (χ0n) is 12.5. The van der Waals surface area contributed by atoms with Gasteiger partial charge in [0.2, 0.25) is 0 Å². The number of hydrogen-bond acceptors (Lipinski definition) is 3. The van der Waals surface area contributed by atoms with Crippen molar-refractivity contribution < 1.29 is 0 Å². The van der Waals surface area contributed by atoms with Crippen molar-refractivity contribution in [3.63, 3.8) is 0 Å². The Kier molecular flexibility index (Phi) is 3.19. The Morgan fingerprint density at radius 3 is 2.90 bits per heavy atom. The van der Waals surface area contributed by atoms with Gasteiger partial charge < -0.3 is 15.2 Å². The van der Waals surface area contributed by atoms with Crippen LogP contribution >= 0.6 is 0 Å². The lowest BCUT2D eigenvalue weighted by atomic mass is 9.96. The van der Waals surface area contributed by atoms with Gasteiger partial charge >= 0.3 is 0 Å². The van der Waals surface area contributed by atoms with Gasteiger partial charge in [-0.25, -0.2) is 4.98 Å². The van der Waals surface area contributed by atoms with Crippen molar-refractivity contribution in [3.8, 4) is 0 Å². The van der Waals surface area contributed by atoms with Crippen molar-refractivity contribution >= 4 is 5.69 Å². The highest BCUT2D eigenvalue weighted by molar-refractivity contribution is 5.56. The maximum Gasteiger partial charge on any atom is 0.0926 e. The van der Waals surface area contributed by atoms with E-state index in [9.17, 15) is 0 Å². The fraction of sp³-hybridized carbons (Fsp3) is 0.471. The minimum atomic E-state index is 0.228. The molecule has 1 aromatic heterocycles. The van der Waals surface area contributed by atoms with E-state index in [0.717, 1.165) is 18.7 Å². The summed E-state index contributed by atoms with van der Waals surface area (Å²) < 4.78 is 0. The summed E-state index contributed by atoms with van der Waals surface area (Å²) in [4.78, 5) is 10.3. The van der Waals surface area contributed by atoms with E-state index in [1.54, 1.807) is 0 Å². The third kappa shape index (κ3) is 2.23. The molecule has 2 aliphatic heterocycles. The zero-order chi connectivity index (χ0) is 14.2. The van der Waals surface area contributed by atoms with E-state index in [0.29, 0.717) is 0 Å². The molecular formula is C17H22N4. The Labute approximate surface area is 125 Å². The number of imidazole rings is 1. The molecule has 1 aromatic carbocycles. The fourth-order valence-corrected chi connectivity index (χ4v) is 3.67. The second-order valence-corrected chi connectivity index (χ2v) is 6.14. The van der Waals surface area contributed by atoms with Crippen LogP contribution in [0.25, 0.3) is 0 Å². The lowest BCUT2D eigenvalue weighted by Crippen LogP contribution is -2.30. The normalized spacial score (nSPS) is 21.6. The molecule has 4 rings (SSSR count). The lowest BCUT2D eigenvalue weighted by Gasteiger charge is -2.26. The smallest absolute Gasteiger partial charge is 0.0926 e. The highest BCUT2D eigenvalue weighted by atomic mass is 15.1. The number of aromatic amines is 1. The number of aromatic nitrogens is 2. The van der Waals surface area contributed by atoms with Gasteiger partial charge in [0.1, 0.15) is 0 Å². The van der Waals surface area contributed by atoms with Crippen LogP contribution in [0, 0.1) is 6.92 Å². The zero-order valence-corrected chi connectivity index (χ0v) is 12.5. The number of benzene rings is 1. The summed E-state index contributed by atoms with van der Waals surface area (Å²) in [5.41, 5.74) is 6.53. The van der Waals surface area contributed by atoms with Crippen molar-refractivity contribution in [2.24, 2.45) is 0 Å². The summed E-state index contributed by atoms with van der Waals surface area (Å²) in [5.74, 6) is 0. The molecule has 2 aliphatic rings. The largest absolute Gasteiger partial charge is 0.371 e. The standard InChI is InChI=1S/C17H22N4/c1-12-10-13(4-5-15(12)21-8-2-3-9-21)16-17-14(6-7-18-16)19-11-20-17/h4-5,10-11,16,18H,2-3,6-9H2,1H3,(H,19,20). The first kappa shape index (κ1) is 12.9. The summed E-state index contributed by atoms with van der Waals surface area (Å²) >= 11 is 0. The van der Waals surface area contributed by atoms with Gasteiger partial charge in [-0.15, -0.1) is 0 Å². The minimum Gasteiger partial charge on any atom is -0.371 e. The van der Waals surface area contributed by atoms with E-state index >= 15 is 0 Å². The maximum atomic E-state index is 4.52. The maximum absolute atomic E-state index is 4.52. The third-order valence-electron chi connectivity index (χ3n) is 4.75. The van der Waals surface area contributed by atoms with Crippen molar-refractivity contribution in [1.82, 2.24) is 15.3 Å². The molecule has 2 N–H and O–H groups in total. The Morgan fingerprint density at radius 1 is 1.24 bits per heavy atom. The second kappa shape index (κ2) is 5.19. The van der Waals surface area contributed by atoms with Crippen LogP contribution in [0.15, 0.2) is 24.5 Å². The van der Waals surface area contributed by atoms with Crippen LogP contribution in [-0.4, -0.2) is 29.6 Å². The van der Waals surface area contributed by atoms with E-state index in [-0.39, 0.29) is 6.04 Å². The van der Waals surface area contributed by atoms with Gasteiger partial charge in [-0.2, -0.15) is 0 Å². The SMILES string of the molecule is Cc1cc(C2NCCc3[nH]cnc32)ccc1N1CCCC1. The van der Waals surface area contributed by atoms with Gasteiger partial charge in [-0.1, -0.05) is 12.1 Å². The van der Waals surface area contributed by atoms with E-state index in [1.807, 2.05) is 6.33 Å². The highest BCUT2D eigenvalue weighted by Gasteiger charge is 2.24. The second-order valence-electron chi connectivity index (χ2n) is 6.14. The molecular weight excluding hydrogens is 260 g/mol. The summed E-state index contributed by atoms with van der Waals surface area (Å²) in [7, 11) is 0. The minimum absolute atomic E-state index is 0.228. The molecule has 0 bridgehead atoms. The van der Waals surface area contributed by atoms with E-state index in [1.165, 1.54) is 48.4 Å². The lowest BCUT2D eigenvalue weighted by molar-refractivity contribution is 0.553. The number of rotatable bonds is 2. The first-order chi connectivity index (χ1) is 10.3. The predicted octanol–water partition coefficient (Wildman–Crippen LogP) is 2.55. The molecule has 0 radical (unpaired) electrons. The van der Waals surface area contributed by atoms with Crippen LogP contribution in [0.5, 0.6) is 0 Å². The van der Waals surface area contributed by atoms with Crippen LogP contribution in [0.2, 0.25) is 0 Å². The van der Waals surface area contributed by atoms with Gasteiger partial charge in [0, 0.05) is 37.4 Å². The predicted molar refractivity (Wildman–Crippen MR) is 84.8 cm³/mol. The summed E-state index contributed by atoms with van der Waals surface area (Å²) in [6.07, 6.45) is 5.50. The summed E-state index contributed by atoms with van der Waals surface area (Å²) in [6.45, 7) is 5.63. The molecule has 0 amide bonds. The molecule has 4 heteroatoms. The quantitative estimate of drug-likeness (QED) is 0.889. The first-order valence-corrected chi connectivity index (χ1v) is 7.94. The van der Waals surface area contributed by atoms with Crippen molar-refractivity contribution in [2.45, 2.75) is 32.2 Å². The average Bonchev–Trinajstić information content (AvgIpc) is 3.17. The Balaban J connectivity index is 1.66. The fourth-order valence-electron chi connectivity index (χ4n) is 3.67. The Hall–Kier alpha value is -1.81. The molecule has 3 heterocycles. The van der Waals surface area contributed by atoms with Gasteiger partial charge in [0.05, 0.1) is 18.1 Å². The first-order valence-electron chi connectivity index (χ1n) is 7.94. The number of nitrogens with zero attached hydrogens (tertiary/aromatic N) is 2.